The summed E-state index contributed by atoms with van der Waals surface area (Å²) in [6.45, 7) is 11.5. The summed E-state index contributed by atoms with van der Waals surface area (Å²) in [6, 6.07) is 40.3. The van der Waals surface area contributed by atoms with Crippen LogP contribution >= 0.6 is 45.3 Å². The Hall–Kier alpha value is -14.7. The van der Waals surface area contributed by atoms with Gasteiger partial charge in [-0.15, -0.1) is 50.4 Å². The standard InChI is InChI=1S/C64H66FN11O12S2.C42H41FN8O5S2/c65-47-36-41(17-19-52(47)88-30-7-15-54-59(63(83)84)69-64(90-54)74-25-21-42-9-3-10-44(46(42)39-74)51(77)37-56-67-48-12-1-2-14-53(48)89-56)8-5-23-72-26-28-73(29-27-72)57(79)16-6-24-75-38-43(70-71-75)40-87-35-34-86-33-32-85-31-22-66-49-13-4-11-45-58(49)62(82)76(61(45)81)50-18-20-55(78)68-60(50)80;43-32-25-28(7-5-18-49-20-22-50(23-21-49)39(53)13-4-17-45-48-44)14-15-35(32)56-24-6-12-37-40(41(54)55)47-42(58-37)51-19-16-29-8-3-9-30(31(29)27-51)34(52)26-38-46-33-10-1-2-11-36(33)57-38/h1-4,9-14,17,19,36,38,50,66H,6-7,15-16,18,20-35,37,39-40H2,(H,83,84)(H,68,78,80);1-3,8-11,14-15,25H,4,6,12-13,16-24,26-27H2,(H,54,55). The number of imide groups is 2. The smallest absolute Gasteiger partial charge is 0.355 e. The number of halogens is 2. The number of aromatic nitrogens is 7. The third-order valence-corrected chi connectivity index (χ3v) is 30.3. The highest BCUT2D eigenvalue weighted by atomic mass is 32.1. The van der Waals surface area contributed by atoms with Gasteiger partial charge in [-0.3, -0.25) is 63.1 Å². The van der Waals surface area contributed by atoms with Crippen molar-refractivity contribution >= 4 is 141 Å². The number of rotatable bonds is 43. The number of piperidine rings is 1. The lowest BCUT2D eigenvalue weighted by molar-refractivity contribution is -0.136. The van der Waals surface area contributed by atoms with E-state index < -0.39 is 53.2 Å². The molecule has 12 aromatic rings. The number of aryl methyl sites for hydroxylation is 3. The number of nitrogens with one attached hydrogen (secondary N) is 2. The molecule has 3 fully saturated rings. The van der Waals surface area contributed by atoms with Gasteiger partial charge in [-0.05, 0) is 158 Å². The lowest BCUT2D eigenvalue weighted by atomic mass is 9.92. The maximum Gasteiger partial charge on any atom is 0.355 e. The molecular weight excluding hydrogens is 1980 g/mol. The highest BCUT2D eigenvalue weighted by Crippen LogP contribution is 2.39. The lowest BCUT2D eigenvalue weighted by Crippen LogP contribution is -2.54. The number of anilines is 3. The minimum absolute atomic E-state index is 0.00232. The van der Waals surface area contributed by atoms with Gasteiger partial charge in [0.25, 0.3) is 11.8 Å². The fourth-order valence-electron chi connectivity index (χ4n) is 18.2. The summed E-state index contributed by atoms with van der Waals surface area (Å²) in [5, 5.41) is 39.9. The van der Waals surface area contributed by atoms with Gasteiger partial charge in [0, 0.05) is 160 Å². The van der Waals surface area contributed by atoms with Gasteiger partial charge in [-0.1, -0.05) is 101 Å². The third kappa shape index (κ3) is 27.0. The predicted octanol–water partition coefficient (Wildman–Crippen LogP) is 13.4. The molecule has 42 heteroatoms. The number of fused-ring (bicyclic) bond motifs is 5. The normalized spacial score (nSPS) is 15.1. The number of para-hydroxylation sites is 2. The summed E-state index contributed by atoms with van der Waals surface area (Å²) in [6.07, 6.45) is 7.20. The van der Waals surface area contributed by atoms with Crippen LogP contribution in [-0.2, 0) is 98.2 Å². The molecule has 0 saturated carbocycles. The number of carboxylic acid groups (broad SMARTS) is 2. The second kappa shape index (κ2) is 50.6. The van der Waals surface area contributed by atoms with Crippen LogP contribution in [0.4, 0.5) is 24.7 Å². The summed E-state index contributed by atoms with van der Waals surface area (Å²) >= 11 is 5.68. The fraction of sp³-hybridized carbons (Fsp3) is 0.377. The number of hydrogen-bond donors (Lipinski definition) is 4. The van der Waals surface area contributed by atoms with E-state index in [2.05, 4.69) is 84.4 Å². The average Bonchev–Trinajstić information content (AvgIpc) is 1.60. The molecule has 18 rings (SSSR count). The Kier molecular flexibility index (Phi) is 35.8. The first kappa shape index (κ1) is 105. The largest absolute Gasteiger partial charge is 0.491 e. The van der Waals surface area contributed by atoms with Crippen molar-refractivity contribution in [3.63, 3.8) is 0 Å². The first-order valence-electron chi connectivity index (χ1n) is 49.1. The zero-order valence-corrected chi connectivity index (χ0v) is 84.3. The molecule has 0 bridgehead atoms. The Morgan fingerprint density at radius 2 is 1.07 bits per heavy atom. The number of carboxylic acids is 2. The molecule has 11 heterocycles. The van der Waals surface area contributed by atoms with E-state index in [1.807, 2.05) is 105 Å². The maximum absolute atomic E-state index is 15.2. The van der Waals surface area contributed by atoms with Crippen molar-refractivity contribution in [2.75, 3.05) is 153 Å². The number of piperazine rings is 2. The van der Waals surface area contributed by atoms with Crippen LogP contribution in [0.3, 0.4) is 0 Å². The molecule has 1 unspecified atom stereocenters. The van der Waals surface area contributed by atoms with Gasteiger partial charge in [0.05, 0.1) is 117 Å². The number of ether oxygens (including phenoxy) is 5. The summed E-state index contributed by atoms with van der Waals surface area (Å²) in [5.41, 5.74) is 18.0. The number of nitrogens with zero attached hydrogens (tertiary/aromatic N) is 17. The van der Waals surface area contributed by atoms with E-state index in [4.69, 9.17) is 29.2 Å². The molecule has 148 heavy (non-hydrogen) atoms. The van der Waals surface area contributed by atoms with Crippen LogP contribution in [0, 0.1) is 35.3 Å². The van der Waals surface area contributed by atoms with E-state index in [9.17, 15) is 62.5 Å². The van der Waals surface area contributed by atoms with Crippen molar-refractivity contribution in [3.05, 3.63) is 260 Å². The minimum Gasteiger partial charge on any atom is -0.491 e. The van der Waals surface area contributed by atoms with Gasteiger partial charge < -0.3 is 58.8 Å². The molecule has 766 valence electrons. The summed E-state index contributed by atoms with van der Waals surface area (Å²) in [5.74, 6) is 6.99. The molecule has 7 aromatic carbocycles. The van der Waals surface area contributed by atoms with E-state index in [-0.39, 0.29) is 103 Å². The SMILES string of the molecule is O=C1CCC(N2C(=O)c3cccc(NCCOCCOCCOCc4cn(CCCC(=O)N5CCN(CC#Cc6ccc(OCCCc7sc(N8CCc9cccc(C(=O)Cc%10nc%11ccccc%11s%10)c9C8)nc7C(=O)O)c(F)c6)CC5)nn4)c3C2=O)C(=O)N1.[N-]=[N+]=NCCCC(=O)N1CCN(CC#Cc2ccc(OCCCc3sc(N4CCc5cccc(C(=O)Cc6nc7ccccc7s6)c5C4)nc3C(=O)O)c(F)c2)CC1. The van der Waals surface area contributed by atoms with E-state index in [0.717, 1.165) is 57.6 Å². The van der Waals surface area contributed by atoms with Crippen LogP contribution in [-0.4, -0.2) is 273 Å². The van der Waals surface area contributed by atoms with Crippen molar-refractivity contribution in [1.82, 2.24) is 64.7 Å². The van der Waals surface area contributed by atoms with E-state index >= 15 is 4.39 Å². The highest BCUT2D eigenvalue weighted by Gasteiger charge is 2.46. The van der Waals surface area contributed by atoms with Crippen molar-refractivity contribution < 1.29 is 90.6 Å². The number of carbonyl (C=O) groups excluding carboxylic acids is 8. The number of azide groups is 1. The number of aromatic carboxylic acids is 2. The molecule has 3 saturated heterocycles. The summed E-state index contributed by atoms with van der Waals surface area (Å²) < 4.78 is 62.5. The topological polar surface area (TPSA) is 435 Å². The monoisotopic (exact) mass is 2080 g/mol. The minimum atomic E-state index is -1.13. The van der Waals surface area contributed by atoms with Crippen molar-refractivity contribution in [2.24, 2.45) is 5.11 Å². The molecule has 0 aliphatic carbocycles. The molecule has 0 radical (unpaired) electrons. The first-order chi connectivity index (χ1) is 72.1. The van der Waals surface area contributed by atoms with Crippen molar-refractivity contribution in [2.45, 2.75) is 122 Å². The number of Topliss-reactive ketones (excluding diaryl/α,β-unsaturated/α-hetero) is 2. The third-order valence-electron chi connectivity index (χ3n) is 25.9. The second-order valence-electron chi connectivity index (χ2n) is 35.9. The Morgan fingerprint density at radius 1 is 0.554 bits per heavy atom. The Morgan fingerprint density at radius 3 is 1.59 bits per heavy atom. The molecular formula is C106H107F2N19O17S4. The highest BCUT2D eigenvalue weighted by molar-refractivity contribution is 7.19. The van der Waals surface area contributed by atoms with E-state index in [1.54, 1.807) is 53.3 Å². The maximum atomic E-state index is 15.2. The molecule has 36 nitrogen and oxygen atoms in total. The number of hydrogen-bond acceptors (Lipinski definition) is 31. The van der Waals surface area contributed by atoms with Crippen LogP contribution < -0.4 is 29.9 Å². The van der Waals surface area contributed by atoms with Gasteiger partial charge in [0.2, 0.25) is 23.6 Å². The molecule has 1 atom stereocenters. The predicted molar refractivity (Wildman–Crippen MR) is 551 cm³/mol. The van der Waals surface area contributed by atoms with E-state index in [1.165, 1.54) is 57.5 Å². The van der Waals surface area contributed by atoms with Crippen LogP contribution in [0.1, 0.15) is 173 Å². The zero-order chi connectivity index (χ0) is 103. The number of carbonyl (C=O) groups is 10. The van der Waals surface area contributed by atoms with Crippen LogP contribution in [0.5, 0.6) is 11.5 Å². The molecule has 4 N–H and O–H groups in total. The number of ketones is 2. The van der Waals surface area contributed by atoms with Gasteiger partial charge in [-0.2, -0.15) is 0 Å². The molecule has 6 amide bonds. The Bertz CT molecular complexity index is 7060. The van der Waals surface area contributed by atoms with Crippen molar-refractivity contribution in [3.8, 4) is 35.2 Å². The lowest BCUT2D eigenvalue weighted by Gasteiger charge is -2.33. The van der Waals surface area contributed by atoms with Gasteiger partial charge in [-0.25, -0.2) is 38.3 Å². The van der Waals surface area contributed by atoms with Gasteiger partial charge >= 0.3 is 11.9 Å². The van der Waals surface area contributed by atoms with Crippen molar-refractivity contribution in [1.29, 1.82) is 0 Å². The first-order valence-corrected chi connectivity index (χ1v) is 52.3. The molecule has 6 aliphatic rings. The second-order valence-corrected chi connectivity index (χ2v) is 40.2. The molecule has 0 spiro atoms. The average molecular weight is 2090 g/mol. The van der Waals surface area contributed by atoms with Gasteiger partial charge in [0.1, 0.15) is 21.8 Å². The Balaban J connectivity index is 0.000000222. The van der Waals surface area contributed by atoms with Crippen LogP contribution in [0.15, 0.2) is 151 Å². The fourth-order valence-corrected chi connectivity index (χ4v) is 22.4. The van der Waals surface area contributed by atoms with Crippen LogP contribution in [0.2, 0.25) is 0 Å². The number of amides is 6. The van der Waals surface area contributed by atoms with Gasteiger partial charge in [0.15, 0.2) is 56.4 Å². The molecule has 5 aromatic heterocycles. The van der Waals surface area contributed by atoms with E-state index in [0.29, 0.717) is 262 Å². The summed E-state index contributed by atoms with van der Waals surface area (Å²) in [4.78, 5) is 163. The zero-order valence-electron chi connectivity index (χ0n) is 81.0. The number of thiazole rings is 4. The Labute approximate surface area is 866 Å². The molecule has 6 aliphatic heterocycles. The quantitative estimate of drug-likeness (QED) is 0.00524. The summed E-state index contributed by atoms with van der Waals surface area (Å²) in [7, 11) is 0. The van der Waals surface area contributed by atoms with Crippen LogP contribution in [0.25, 0.3) is 30.9 Å². The number of benzene rings is 7.